The predicted molar refractivity (Wildman–Crippen MR) is 532 cm³/mol. The van der Waals surface area contributed by atoms with Gasteiger partial charge in [0.2, 0.25) is 29.0 Å². The summed E-state index contributed by atoms with van der Waals surface area (Å²) in [7, 11) is 0. The molecule has 11 heterocycles. The van der Waals surface area contributed by atoms with Crippen LogP contribution in [0.15, 0.2) is 418 Å². The topological polar surface area (TPSA) is 150 Å². The maximum atomic E-state index is 6.39. The summed E-state index contributed by atoms with van der Waals surface area (Å²) in [5.74, 6) is 1.81. The molecule has 14 heteroatoms. The van der Waals surface area contributed by atoms with E-state index in [1.165, 1.54) is 54.7 Å². The summed E-state index contributed by atoms with van der Waals surface area (Å²) in [6.45, 7) is 4.65. The summed E-state index contributed by atoms with van der Waals surface area (Å²) in [5, 5.41) is 17.5. The van der Waals surface area contributed by atoms with Crippen LogP contribution in [0.5, 0.6) is 0 Å². The zero-order valence-corrected chi connectivity index (χ0v) is 70.7. The lowest BCUT2D eigenvalue weighted by molar-refractivity contribution is 0.651. The number of rotatable bonds is 8. The van der Waals surface area contributed by atoms with Crippen LogP contribution in [0.1, 0.15) is 25.0 Å². The number of hydrogen-bond donors (Lipinski definition) is 0. The van der Waals surface area contributed by atoms with Crippen molar-refractivity contribution in [2.45, 2.75) is 19.3 Å². The molecule has 0 aliphatic heterocycles. The highest BCUT2D eigenvalue weighted by atomic mass is 16.3. The van der Waals surface area contributed by atoms with Gasteiger partial charge in [-0.25, -0.2) is 15.0 Å². The first kappa shape index (κ1) is 73.7. The molecule has 29 rings (SSSR count). The molecule has 11 aromatic heterocycles. The third kappa shape index (κ3) is 11.3. The van der Waals surface area contributed by atoms with E-state index in [0.29, 0.717) is 34.9 Å². The number of aromatic nitrogens is 10. The van der Waals surface area contributed by atoms with Crippen molar-refractivity contribution < 1.29 is 17.7 Å². The number of benzene rings is 17. The molecule has 614 valence electrons. The third-order valence-electron chi connectivity index (χ3n) is 26.6. The second-order valence-electron chi connectivity index (χ2n) is 34.3. The fourth-order valence-corrected chi connectivity index (χ4v) is 20.7. The Morgan fingerprint density at radius 2 is 0.550 bits per heavy atom. The minimum atomic E-state index is -0.0759. The van der Waals surface area contributed by atoms with Gasteiger partial charge < -0.3 is 26.8 Å². The highest BCUT2D eigenvalue weighted by Crippen LogP contribution is 2.52. The largest absolute Gasteiger partial charge is 0.456 e. The fourth-order valence-electron chi connectivity index (χ4n) is 20.7. The Balaban J connectivity index is 0.000000101. The number of hydrogen-bond acceptors (Lipinski definition) is 10. The molecule has 0 bridgehead atoms. The average molecular weight is 1680 g/mol. The maximum Gasteiger partial charge on any atom is 0.238 e. The van der Waals surface area contributed by atoms with Crippen molar-refractivity contribution in [1.82, 2.24) is 48.2 Å². The van der Waals surface area contributed by atoms with Crippen molar-refractivity contribution in [2.24, 2.45) is 0 Å². The minimum absolute atomic E-state index is 0.0759. The van der Waals surface area contributed by atoms with Crippen molar-refractivity contribution in [3.8, 4) is 79.6 Å². The van der Waals surface area contributed by atoms with Crippen LogP contribution in [0.2, 0.25) is 0 Å². The van der Waals surface area contributed by atoms with E-state index in [0.717, 1.165) is 176 Å². The van der Waals surface area contributed by atoms with Crippen LogP contribution in [0, 0.1) is 0 Å². The lowest BCUT2D eigenvalue weighted by Gasteiger charge is -2.21. The maximum absolute atomic E-state index is 6.39. The number of nitrogens with zero attached hydrogens (tertiary/aromatic N) is 10. The highest BCUT2D eigenvalue weighted by molar-refractivity contribution is 6.22. The van der Waals surface area contributed by atoms with Gasteiger partial charge in [-0.05, 0) is 144 Å². The van der Waals surface area contributed by atoms with Gasteiger partial charge in [0, 0.05) is 109 Å². The van der Waals surface area contributed by atoms with Crippen LogP contribution >= 0.6 is 0 Å². The summed E-state index contributed by atoms with van der Waals surface area (Å²) in [4.78, 5) is 30.9. The van der Waals surface area contributed by atoms with Gasteiger partial charge in [0.25, 0.3) is 0 Å². The van der Waals surface area contributed by atoms with Crippen molar-refractivity contribution in [3.63, 3.8) is 0 Å². The van der Waals surface area contributed by atoms with Crippen LogP contribution in [0.3, 0.4) is 0 Å². The SMILES string of the molecule is CC1(C)c2ccccc2-c2cc3c(cc21)c1ccccc1n3-c1nc(-c2ccccc2)c2c(n1)oc1ccccc12.c1ccc(-c2nc(-c3ccc(-n4c5ccccc5c5cc6oc7ccccc7c6cc54)cc3)nc3oc4ccccc4c23)cc1.c1ccc(-c2nc(-n3c4ccccc4c4cc5c(cc43)c3ccccc3n5-c3ccccc3)nc3oc4ccccc4c23)cc1. The Hall–Kier alpha value is -17.6. The molecule has 1 aliphatic carbocycles. The Kier molecular flexibility index (Phi) is 16.2. The summed E-state index contributed by atoms with van der Waals surface area (Å²) in [6.07, 6.45) is 0. The summed E-state index contributed by atoms with van der Waals surface area (Å²) >= 11 is 0. The molecule has 28 aromatic rings. The zero-order valence-electron chi connectivity index (χ0n) is 70.7. The zero-order chi connectivity index (χ0) is 86.3. The molecule has 0 unspecified atom stereocenters. The second kappa shape index (κ2) is 28.7. The van der Waals surface area contributed by atoms with Gasteiger partial charge in [0.1, 0.15) is 27.9 Å². The molecule has 131 heavy (non-hydrogen) atoms. The first-order valence-electron chi connectivity index (χ1n) is 44.1. The molecular weight excluding hydrogens is 1610 g/mol. The summed E-state index contributed by atoms with van der Waals surface area (Å²) in [5.41, 5.74) is 28.8. The van der Waals surface area contributed by atoms with Crippen LogP contribution in [0.4, 0.5) is 0 Å². The van der Waals surface area contributed by atoms with E-state index in [1.54, 1.807) is 0 Å². The highest BCUT2D eigenvalue weighted by Gasteiger charge is 2.37. The van der Waals surface area contributed by atoms with E-state index in [-0.39, 0.29) is 5.41 Å². The van der Waals surface area contributed by atoms with E-state index in [9.17, 15) is 0 Å². The molecule has 0 atom stereocenters. The number of furan rings is 4. The van der Waals surface area contributed by atoms with E-state index in [4.69, 9.17) is 47.6 Å². The quantitative estimate of drug-likeness (QED) is 0.144. The van der Waals surface area contributed by atoms with Gasteiger partial charge >= 0.3 is 0 Å². The molecule has 0 saturated carbocycles. The second-order valence-corrected chi connectivity index (χ2v) is 34.3. The average Bonchev–Trinajstić information content (AvgIpc) is 1.57. The molecule has 14 nitrogen and oxygen atoms in total. The van der Waals surface area contributed by atoms with Crippen molar-refractivity contribution >= 4 is 175 Å². The third-order valence-corrected chi connectivity index (χ3v) is 26.6. The molecule has 0 amide bonds. The van der Waals surface area contributed by atoms with Gasteiger partial charge in [0.05, 0.1) is 77.4 Å². The van der Waals surface area contributed by atoms with Crippen molar-refractivity contribution in [1.29, 1.82) is 0 Å². The smallest absolute Gasteiger partial charge is 0.238 e. The Morgan fingerprint density at radius 3 is 1.03 bits per heavy atom. The van der Waals surface area contributed by atoms with E-state index in [2.05, 4.69) is 311 Å². The van der Waals surface area contributed by atoms with Gasteiger partial charge in [0.15, 0.2) is 5.82 Å². The molecule has 0 radical (unpaired) electrons. The van der Waals surface area contributed by atoms with Crippen molar-refractivity contribution in [3.05, 3.63) is 412 Å². The number of para-hydroxylation sites is 9. The first-order valence-corrected chi connectivity index (χ1v) is 44.1. The fraction of sp³-hybridized carbons (Fsp3) is 0.0256. The normalized spacial score (nSPS) is 12.6. The number of fused-ring (bicyclic) bond motifs is 27. The van der Waals surface area contributed by atoms with Gasteiger partial charge in [-0.15, -0.1) is 0 Å². The van der Waals surface area contributed by atoms with Gasteiger partial charge in [-0.1, -0.05) is 293 Å². The van der Waals surface area contributed by atoms with Crippen molar-refractivity contribution in [2.75, 3.05) is 0 Å². The Labute approximate surface area is 746 Å². The van der Waals surface area contributed by atoms with Crippen LogP contribution in [-0.2, 0) is 5.41 Å². The van der Waals surface area contributed by atoms with Crippen LogP contribution in [0.25, 0.3) is 255 Å². The van der Waals surface area contributed by atoms with E-state index < -0.39 is 0 Å². The Morgan fingerprint density at radius 1 is 0.206 bits per heavy atom. The Bertz CT molecular complexity index is 9590. The lowest BCUT2D eigenvalue weighted by Crippen LogP contribution is -2.14. The minimum Gasteiger partial charge on any atom is -0.456 e. The van der Waals surface area contributed by atoms with E-state index >= 15 is 0 Å². The molecule has 0 fully saturated rings. The molecule has 1 aliphatic rings. The monoisotopic (exact) mass is 1680 g/mol. The molecular formula is C117H72N10O4. The predicted octanol–water partition coefficient (Wildman–Crippen LogP) is 30.4. The standard InChI is InChI=1S/C40H24N4O.C40H23N3O2.C37H25N3O/c1-3-13-25(14-4-1)38-37-29-19-9-12-22-36(29)45-39(37)42-40(41-38)44-33-21-11-8-18-28(33)31-23-34-30(24-35(31)44)27-17-7-10-20-32(27)43(34)26-15-5-2-6-16-26;1-2-10-24(11-3-1)38-37-29-14-6-9-17-35(29)45-40(37)42-39(41-38)25-18-20-26(21-19-25)43-32-15-7-4-12-27(32)30-23-36-31(22-33(30)43)28-13-5-8-16-34(28)44-36;1-37(2)28-17-9-6-14-23(28)26-21-31-27(20-29(26)37)24-15-7-10-18-30(24)40(31)36-38-34(22-12-4-3-5-13-22)33-25-16-8-11-19-32(25)41-35(33)39-36/h1-24H;1-23H;3-21H,1-2H3. The van der Waals surface area contributed by atoms with Crippen LogP contribution < -0.4 is 0 Å². The molecule has 0 spiro atoms. The first-order chi connectivity index (χ1) is 64.7. The van der Waals surface area contributed by atoms with Gasteiger partial charge in [-0.2, -0.15) is 15.0 Å². The summed E-state index contributed by atoms with van der Waals surface area (Å²) < 4.78 is 34.3. The van der Waals surface area contributed by atoms with Gasteiger partial charge in [-0.3, -0.25) is 9.13 Å². The van der Waals surface area contributed by atoms with E-state index in [1.807, 2.05) is 121 Å². The molecule has 0 saturated heterocycles. The van der Waals surface area contributed by atoms with Crippen LogP contribution in [-0.4, -0.2) is 48.2 Å². The lowest BCUT2D eigenvalue weighted by atomic mass is 9.82. The molecule has 0 N–H and O–H groups in total. The summed E-state index contributed by atoms with van der Waals surface area (Å²) in [6, 6.07) is 139. The molecule has 17 aromatic carbocycles.